The summed E-state index contributed by atoms with van der Waals surface area (Å²) in [5.41, 5.74) is -0.0471. The van der Waals surface area contributed by atoms with Gasteiger partial charge in [-0.15, -0.1) is 0 Å². The summed E-state index contributed by atoms with van der Waals surface area (Å²) >= 11 is 0. The number of carbonyl (C=O) groups excluding carboxylic acids is 15. The fourth-order valence-corrected chi connectivity index (χ4v) is 11.4. The van der Waals surface area contributed by atoms with E-state index in [0.29, 0.717) is 6.04 Å². The van der Waals surface area contributed by atoms with Gasteiger partial charge in [0.2, 0.25) is 5.91 Å². The molecule has 0 radical (unpaired) electrons. The molecular formula is C62H86N2O34Si. The van der Waals surface area contributed by atoms with Crippen molar-refractivity contribution in [2.24, 2.45) is 0 Å². The van der Waals surface area contributed by atoms with Crippen LogP contribution in [0.15, 0.2) is 30.3 Å². The zero-order chi connectivity index (χ0) is 74.4. The Labute approximate surface area is 569 Å². The number of hydrogen-bond donors (Lipinski definition) is 2. The maximum absolute atomic E-state index is 15.3. The molecular weight excluding hydrogens is 1340 g/mol. The molecule has 0 saturated carbocycles. The Kier molecular flexibility index (Phi) is 31.3. The van der Waals surface area contributed by atoms with Crippen molar-refractivity contribution in [3.63, 3.8) is 0 Å². The van der Waals surface area contributed by atoms with Crippen molar-refractivity contribution < 1.29 is 162 Å². The zero-order valence-electron chi connectivity index (χ0n) is 57.6. The van der Waals surface area contributed by atoms with E-state index in [1.165, 1.54) is 24.3 Å². The molecule has 99 heavy (non-hydrogen) atoms. The molecule has 1 aromatic carbocycles. The molecule has 2 N–H and O–H groups in total. The van der Waals surface area contributed by atoms with Gasteiger partial charge in [-0.05, 0) is 18.2 Å². The predicted octanol–water partition coefficient (Wildman–Crippen LogP) is 0.211. The van der Waals surface area contributed by atoms with Gasteiger partial charge in [0.25, 0.3) is 17.5 Å². The number of nitrogens with one attached hydrogen (secondary N) is 2. The number of esters is 13. The van der Waals surface area contributed by atoms with Crippen LogP contribution in [-0.4, -0.2) is 248 Å². The number of benzene rings is 1. The summed E-state index contributed by atoms with van der Waals surface area (Å²) in [5, 5.41) is 4.98. The highest BCUT2D eigenvalue weighted by Gasteiger charge is 2.65. The molecule has 0 aliphatic carbocycles. The molecule has 3 saturated heterocycles. The van der Waals surface area contributed by atoms with Gasteiger partial charge in [0.15, 0.2) is 55.6 Å². The van der Waals surface area contributed by atoms with Crippen LogP contribution in [0.5, 0.6) is 0 Å². The van der Waals surface area contributed by atoms with Crippen LogP contribution >= 0.6 is 0 Å². The van der Waals surface area contributed by atoms with Gasteiger partial charge < -0.3 is 101 Å². The zero-order valence-corrected chi connectivity index (χ0v) is 58.6. The molecule has 1 aromatic rings. The summed E-state index contributed by atoms with van der Waals surface area (Å²) in [7, 11) is -0.352. The summed E-state index contributed by atoms with van der Waals surface area (Å²) in [6.07, 6.45) is -29.0. The topological polar surface area (TPSA) is 455 Å². The summed E-state index contributed by atoms with van der Waals surface area (Å²) in [5.74, 6) is -23.9. The maximum atomic E-state index is 15.3. The first-order valence-corrected chi connectivity index (χ1v) is 34.5. The van der Waals surface area contributed by atoms with E-state index >= 15 is 9.59 Å². The fourth-order valence-electron chi connectivity index (χ4n) is 10.7. The fraction of sp³-hybridized carbons (Fsp3) is 0.661. The summed E-state index contributed by atoms with van der Waals surface area (Å²) in [6.45, 7) is 11.9. The average Bonchev–Trinajstić information content (AvgIpc) is 0.740. The molecule has 2 amide bonds. The van der Waals surface area contributed by atoms with Crippen LogP contribution in [0, 0.1) is 0 Å². The smallest absolute Gasteiger partial charge is 0.366 e. The molecule has 3 fully saturated rings. The van der Waals surface area contributed by atoms with Crippen molar-refractivity contribution in [3.05, 3.63) is 35.9 Å². The maximum Gasteiger partial charge on any atom is 0.366 e. The van der Waals surface area contributed by atoms with Crippen molar-refractivity contribution in [1.82, 2.24) is 10.6 Å². The Morgan fingerprint density at radius 2 is 0.990 bits per heavy atom. The van der Waals surface area contributed by atoms with Crippen LogP contribution in [0.25, 0.3) is 0 Å². The highest BCUT2D eigenvalue weighted by molar-refractivity contribution is 6.76. The Bertz CT molecular complexity index is 3090. The van der Waals surface area contributed by atoms with Gasteiger partial charge in [-0.2, -0.15) is 0 Å². The molecule has 17 atom stereocenters. The number of rotatable bonds is 32. The highest BCUT2D eigenvalue weighted by Crippen LogP contribution is 2.44. The molecule has 552 valence electrons. The van der Waals surface area contributed by atoms with E-state index in [1.54, 1.807) is 6.07 Å². The number of amides is 2. The normalized spacial score (nSPS) is 26.2. The van der Waals surface area contributed by atoms with Crippen LogP contribution in [-0.2, 0) is 157 Å². The van der Waals surface area contributed by atoms with Gasteiger partial charge in [-0.1, -0.05) is 37.8 Å². The summed E-state index contributed by atoms with van der Waals surface area (Å²) in [4.78, 5) is 202. The lowest BCUT2D eigenvalue weighted by Gasteiger charge is -2.53. The van der Waals surface area contributed by atoms with Gasteiger partial charge in [0, 0.05) is 97.3 Å². The predicted molar refractivity (Wildman–Crippen MR) is 326 cm³/mol. The van der Waals surface area contributed by atoms with E-state index in [2.05, 4.69) is 10.6 Å². The van der Waals surface area contributed by atoms with Gasteiger partial charge in [0.05, 0.1) is 51.0 Å². The second-order valence-electron chi connectivity index (χ2n) is 23.9. The van der Waals surface area contributed by atoms with Crippen LogP contribution in [0.3, 0.4) is 0 Å². The third kappa shape index (κ3) is 25.2. The van der Waals surface area contributed by atoms with Crippen molar-refractivity contribution >= 4 is 97.5 Å². The van der Waals surface area contributed by atoms with Gasteiger partial charge >= 0.3 is 77.6 Å². The minimum Gasteiger partial charge on any atom is -0.465 e. The third-order valence-corrected chi connectivity index (χ3v) is 16.1. The molecule has 36 nitrogen and oxygen atoms in total. The van der Waals surface area contributed by atoms with Crippen molar-refractivity contribution in [3.8, 4) is 0 Å². The lowest BCUT2D eigenvalue weighted by atomic mass is 9.85. The molecule has 0 spiro atoms. The van der Waals surface area contributed by atoms with Gasteiger partial charge in [-0.3, -0.25) is 57.5 Å². The van der Waals surface area contributed by atoms with E-state index in [0.717, 1.165) is 90.4 Å². The van der Waals surface area contributed by atoms with Crippen LogP contribution < -0.4 is 10.6 Å². The third-order valence-electron chi connectivity index (χ3n) is 14.4. The van der Waals surface area contributed by atoms with E-state index < -0.39 is 240 Å². The first-order valence-electron chi connectivity index (χ1n) is 30.8. The van der Waals surface area contributed by atoms with Crippen molar-refractivity contribution in [2.45, 2.75) is 218 Å². The Hall–Kier alpha value is -8.75. The Morgan fingerprint density at radius 1 is 0.525 bits per heavy atom. The van der Waals surface area contributed by atoms with E-state index in [-0.39, 0.29) is 12.2 Å². The first kappa shape index (κ1) is 82.7. The Balaban J connectivity index is 2.23. The molecule has 0 aromatic heterocycles. The van der Waals surface area contributed by atoms with Crippen molar-refractivity contribution in [1.29, 1.82) is 0 Å². The number of ether oxygens (including phenoxy) is 19. The molecule has 0 unspecified atom stereocenters. The molecule has 3 heterocycles. The SMILES string of the molecule is COC(=O)[C@@]1(O[C@H]2C[C@](OC[C@H]3O[C@@H](OCC[Si](C)(C)C)[C@H](OC(C)=O)[C@@H](OC(C)=O)[C@@H]3OC(C)=O)(C(=O)OC)O[C@@H]([C@H](OC(C)=O)[C@@H](COC(=O)c3ccccc3)OC(C)=O)[C@@H]2NC(C)=O)C[C@H](OC(C)=O)[C@@H](NC(=O)COC(C)=O)[C@H]([C@H](OC(C)=O)[C@@H](COC(C)=O)OC(C)=O)O1. The quantitative estimate of drug-likeness (QED) is 0.0553. The van der Waals surface area contributed by atoms with Crippen molar-refractivity contribution in [2.75, 3.05) is 47.3 Å². The highest BCUT2D eigenvalue weighted by atomic mass is 28.3. The first-order chi connectivity index (χ1) is 46.2. The summed E-state index contributed by atoms with van der Waals surface area (Å²) in [6, 6.07) is 3.65. The molecule has 37 heteroatoms. The molecule has 3 aliphatic heterocycles. The number of carbonyl (C=O) groups is 15. The monoisotopic (exact) mass is 1430 g/mol. The summed E-state index contributed by atoms with van der Waals surface area (Å²) < 4.78 is 111. The lowest BCUT2D eigenvalue weighted by molar-refractivity contribution is -0.366. The second kappa shape index (κ2) is 37.4. The largest absolute Gasteiger partial charge is 0.465 e. The minimum atomic E-state index is -3.32. The van der Waals surface area contributed by atoms with Crippen LogP contribution in [0.4, 0.5) is 0 Å². The van der Waals surface area contributed by atoms with Crippen LogP contribution in [0.1, 0.15) is 99.4 Å². The van der Waals surface area contributed by atoms with E-state index in [4.69, 9.17) is 90.0 Å². The Morgan fingerprint density at radius 3 is 1.46 bits per heavy atom. The standard InChI is InChI=1S/C62H86N2O34Si/c1-30(65)63-49-43(96-62(60(79)81-13)24-42(87-33(4)68)48(64-47(76)29-84-32(3)67)53(98-62)50(90-36(7)71)44(88-34(5)69)26-83-31(2)66)25-61(59(78)80-12,97-54(49)51(91-37(8)72)45(89-35(6)70)27-85-57(77)41-20-18-17-19-21-41)86-28-46-52(92-38(9)73)55(93-39(10)74)56(94-40(11)75)58(95-46)82-22-23-99(14,15)16/h17-21,42-46,48-56,58H,22-29H2,1-16H3,(H,63,65)(H,64,76)/t42-,43-,44+,45+,46+,48+,49+,50+,51+,52+,53+,54+,55-,56+,58+,61+,62+/m0/s1. The lowest BCUT2D eigenvalue weighted by Crippen LogP contribution is -2.73. The van der Waals surface area contributed by atoms with Gasteiger partial charge in [-0.25, -0.2) is 14.4 Å². The van der Waals surface area contributed by atoms with E-state index in [1.807, 2.05) is 19.6 Å². The molecule has 3 aliphatic rings. The van der Waals surface area contributed by atoms with Crippen LogP contribution in [0.2, 0.25) is 25.7 Å². The number of methoxy groups -OCH3 is 2. The second-order valence-corrected chi connectivity index (χ2v) is 29.6. The van der Waals surface area contributed by atoms with Gasteiger partial charge in [0.1, 0.15) is 37.6 Å². The van der Waals surface area contributed by atoms with E-state index in [9.17, 15) is 62.3 Å². The minimum absolute atomic E-state index is 0.0471. The average molecular weight is 1430 g/mol. The number of hydrogen-bond acceptors (Lipinski definition) is 34. The molecule has 0 bridgehead atoms. The molecule has 4 rings (SSSR count).